The van der Waals surface area contributed by atoms with Crippen molar-refractivity contribution in [3.8, 4) is 0 Å². The molecular formula is C24H33FN2O2. The third-order valence-electron chi connectivity index (χ3n) is 7.72. The molecule has 29 heavy (non-hydrogen) atoms. The van der Waals surface area contributed by atoms with Crippen molar-refractivity contribution in [3.05, 3.63) is 35.6 Å². The van der Waals surface area contributed by atoms with E-state index in [4.69, 9.17) is 0 Å². The van der Waals surface area contributed by atoms with Gasteiger partial charge in [-0.15, -0.1) is 0 Å². The molecule has 0 aliphatic heterocycles. The fourth-order valence-corrected chi connectivity index (χ4v) is 6.56. The first-order valence-corrected chi connectivity index (χ1v) is 11.1. The van der Waals surface area contributed by atoms with E-state index in [1.807, 2.05) is 13.8 Å². The molecule has 4 nitrogen and oxygen atoms in total. The SMILES string of the molecule is CC(C)C(NC(=O)c1ccccc1F)C(=O)NC(C)C12CC3CC(CC(C3)C1)C2. The van der Waals surface area contributed by atoms with E-state index in [2.05, 4.69) is 17.6 Å². The Labute approximate surface area is 173 Å². The molecule has 5 rings (SSSR count). The summed E-state index contributed by atoms with van der Waals surface area (Å²) in [5.74, 6) is 1.10. The highest BCUT2D eigenvalue weighted by Crippen LogP contribution is 2.61. The molecule has 0 radical (unpaired) electrons. The third-order valence-corrected chi connectivity index (χ3v) is 7.72. The molecule has 4 aliphatic carbocycles. The van der Waals surface area contributed by atoms with Gasteiger partial charge < -0.3 is 10.6 Å². The molecule has 1 aromatic carbocycles. The number of benzene rings is 1. The van der Waals surface area contributed by atoms with Gasteiger partial charge >= 0.3 is 0 Å². The molecule has 0 aromatic heterocycles. The largest absolute Gasteiger partial charge is 0.351 e. The van der Waals surface area contributed by atoms with Crippen molar-refractivity contribution in [2.45, 2.75) is 71.4 Å². The molecule has 0 saturated heterocycles. The first-order chi connectivity index (χ1) is 13.8. The van der Waals surface area contributed by atoms with Crippen LogP contribution in [-0.2, 0) is 4.79 Å². The molecule has 4 aliphatic rings. The number of carbonyl (C=O) groups is 2. The average Bonchev–Trinajstić information content (AvgIpc) is 2.64. The monoisotopic (exact) mass is 400 g/mol. The molecular weight excluding hydrogens is 367 g/mol. The van der Waals surface area contributed by atoms with Gasteiger partial charge in [-0.3, -0.25) is 9.59 Å². The zero-order chi connectivity index (χ0) is 20.8. The number of hydrogen-bond donors (Lipinski definition) is 2. The van der Waals surface area contributed by atoms with E-state index < -0.39 is 17.8 Å². The van der Waals surface area contributed by atoms with Crippen molar-refractivity contribution in [3.63, 3.8) is 0 Å². The lowest BCUT2D eigenvalue weighted by Crippen LogP contribution is -2.59. The van der Waals surface area contributed by atoms with Crippen LogP contribution in [0.5, 0.6) is 0 Å². The Hall–Kier alpha value is -1.91. The van der Waals surface area contributed by atoms with Crippen molar-refractivity contribution < 1.29 is 14.0 Å². The lowest BCUT2D eigenvalue weighted by Gasteiger charge is -2.59. The zero-order valence-corrected chi connectivity index (χ0v) is 17.7. The van der Waals surface area contributed by atoms with Gasteiger partial charge in [-0.25, -0.2) is 4.39 Å². The summed E-state index contributed by atoms with van der Waals surface area (Å²) in [5, 5.41) is 6.00. The second-order valence-corrected chi connectivity index (χ2v) is 10.2. The van der Waals surface area contributed by atoms with Crippen molar-refractivity contribution in [1.29, 1.82) is 0 Å². The second kappa shape index (κ2) is 7.73. The highest BCUT2D eigenvalue weighted by atomic mass is 19.1. The summed E-state index contributed by atoms with van der Waals surface area (Å²) < 4.78 is 14.0. The summed E-state index contributed by atoms with van der Waals surface area (Å²) in [6, 6.07) is 5.28. The van der Waals surface area contributed by atoms with Crippen LogP contribution in [0, 0.1) is 34.9 Å². The van der Waals surface area contributed by atoms with Gasteiger partial charge in [0, 0.05) is 6.04 Å². The van der Waals surface area contributed by atoms with Gasteiger partial charge in [0.15, 0.2) is 0 Å². The highest BCUT2D eigenvalue weighted by molar-refractivity contribution is 5.97. The van der Waals surface area contributed by atoms with Gasteiger partial charge in [0.1, 0.15) is 11.9 Å². The molecule has 0 heterocycles. The maximum atomic E-state index is 14.0. The normalized spacial score (nSPS) is 32.1. The van der Waals surface area contributed by atoms with Crippen LogP contribution in [0.1, 0.15) is 69.7 Å². The predicted octanol–water partition coefficient (Wildman–Crippen LogP) is 4.30. The fourth-order valence-electron chi connectivity index (χ4n) is 6.56. The lowest BCUT2D eigenvalue weighted by atomic mass is 9.48. The van der Waals surface area contributed by atoms with Gasteiger partial charge in [0.05, 0.1) is 5.56 Å². The van der Waals surface area contributed by atoms with Crippen LogP contribution in [0.25, 0.3) is 0 Å². The van der Waals surface area contributed by atoms with E-state index in [-0.39, 0.29) is 28.8 Å². The van der Waals surface area contributed by atoms with Gasteiger partial charge in [-0.2, -0.15) is 0 Å². The number of halogens is 1. The predicted molar refractivity (Wildman–Crippen MR) is 111 cm³/mol. The highest BCUT2D eigenvalue weighted by Gasteiger charge is 2.53. The first-order valence-electron chi connectivity index (χ1n) is 11.1. The number of hydrogen-bond acceptors (Lipinski definition) is 2. The minimum absolute atomic E-state index is 0.0277. The van der Waals surface area contributed by atoms with E-state index in [1.54, 1.807) is 12.1 Å². The van der Waals surface area contributed by atoms with E-state index >= 15 is 0 Å². The summed E-state index contributed by atoms with van der Waals surface area (Å²) in [5.41, 5.74) is 0.182. The number of carbonyl (C=O) groups excluding carboxylic acids is 2. The van der Waals surface area contributed by atoms with Crippen LogP contribution in [0.2, 0.25) is 0 Å². The molecule has 5 heteroatoms. The Bertz CT molecular complexity index is 756. The Morgan fingerprint density at radius 3 is 2.03 bits per heavy atom. The summed E-state index contributed by atoms with van der Waals surface area (Å²) in [4.78, 5) is 25.7. The molecule has 4 fully saturated rings. The molecule has 2 unspecified atom stereocenters. The number of nitrogens with one attached hydrogen (secondary N) is 2. The van der Waals surface area contributed by atoms with Crippen LogP contribution < -0.4 is 10.6 Å². The molecule has 158 valence electrons. The van der Waals surface area contributed by atoms with E-state index in [1.165, 1.54) is 50.7 Å². The minimum atomic E-state index is -0.682. The molecule has 4 bridgehead atoms. The first kappa shape index (κ1) is 20.4. The van der Waals surface area contributed by atoms with Crippen LogP contribution >= 0.6 is 0 Å². The molecule has 2 amide bonds. The summed E-state index contributed by atoms with van der Waals surface area (Å²) >= 11 is 0. The fraction of sp³-hybridized carbons (Fsp3) is 0.667. The van der Waals surface area contributed by atoms with Gasteiger partial charge in [-0.05, 0) is 86.7 Å². The maximum absolute atomic E-state index is 14.0. The van der Waals surface area contributed by atoms with Gasteiger partial charge in [0.2, 0.25) is 5.91 Å². The maximum Gasteiger partial charge on any atom is 0.254 e. The molecule has 4 saturated carbocycles. The van der Waals surface area contributed by atoms with Crippen molar-refractivity contribution in [1.82, 2.24) is 10.6 Å². The van der Waals surface area contributed by atoms with Crippen molar-refractivity contribution in [2.24, 2.45) is 29.1 Å². The van der Waals surface area contributed by atoms with E-state index in [0.717, 1.165) is 17.8 Å². The standard InChI is InChI=1S/C24H33FN2O2/c1-14(2)21(27-22(28)19-6-4-5-7-20(19)25)23(29)26-15(3)24-11-16-8-17(12-24)10-18(9-16)13-24/h4-7,14-18,21H,8-13H2,1-3H3,(H,26,29)(H,27,28). The minimum Gasteiger partial charge on any atom is -0.351 e. The smallest absolute Gasteiger partial charge is 0.254 e. The van der Waals surface area contributed by atoms with Crippen LogP contribution in [0.3, 0.4) is 0 Å². The molecule has 1 aromatic rings. The summed E-state index contributed by atoms with van der Waals surface area (Å²) in [7, 11) is 0. The van der Waals surface area contributed by atoms with Gasteiger partial charge in [0.25, 0.3) is 5.91 Å². The second-order valence-electron chi connectivity index (χ2n) is 10.2. The van der Waals surface area contributed by atoms with Crippen molar-refractivity contribution in [2.75, 3.05) is 0 Å². The van der Waals surface area contributed by atoms with Crippen LogP contribution in [0.4, 0.5) is 4.39 Å². The Balaban J connectivity index is 1.44. The Morgan fingerprint density at radius 2 is 1.52 bits per heavy atom. The number of rotatable bonds is 6. The molecule has 0 spiro atoms. The molecule has 2 N–H and O–H groups in total. The van der Waals surface area contributed by atoms with E-state index in [9.17, 15) is 14.0 Å². The van der Waals surface area contributed by atoms with Crippen LogP contribution in [0.15, 0.2) is 24.3 Å². The zero-order valence-electron chi connectivity index (χ0n) is 17.7. The Morgan fingerprint density at radius 1 is 0.966 bits per heavy atom. The Kier molecular flexibility index (Phi) is 5.43. The van der Waals surface area contributed by atoms with E-state index in [0.29, 0.717) is 0 Å². The van der Waals surface area contributed by atoms with Crippen molar-refractivity contribution >= 4 is 11.8 Å². The average molecular weight is 401 g/mol. The summed E-state index contributed by atoms with van der Waals surface area (Å²) in [6.45, 7) is 5.95. The number of amides is 2. The third kappa shape index (κ3) is 3.93. The molecule has 2 atom stereocenters. The topological polar surface area (TPSA) is 58.2 Å². The van der Waals surface area contributed by atoms with Crippen LogP contribution in [-0.4, -0.2) is 23.9 Å². The summed E-state index contributed by atoms with van der Waals surface area (Å²) in [6.07, 6.45) is 7.75. The lowest BCUT2D eigenvalue weighted by molar-refractivity contribution is -0.128. The quantitative estimate of drug-likeness (QED) is 0.748. The van der Waals surface area contributed by atoms with Gasteiger partial charge in [-0.1, -0.05) is 26.0 Å².